The fourth-order valence-corrected chi connectivity index (χ4v) is 2.85. The van der Waals surface area contributed by atoms with E-state index in [1.807, 2.05) is 0 Å². The van der Waals surface area contributed by atoms with Crippen molar-refractivity contribution in [1.82, 2.24) is 0 Å². The van der Waals surface area contributed by atoms with Gasteiger partial charge in [0.1, 0.15) is 10.1 Å². The van der Waals surface area contributed by atoms with Gasteiger partial charge in [-0.3, -0.25) is 9.59 Å². The van der Waals surface area contributed by atoms with Crippen LogP contribution < -0.4 is 0 Å². The van der Waals surface area contributed by atoms with Gasteiger partial charge in [-0.25, -0.2) is 8.42 Å². The van der Waals surface area contributed by atoms with E-state index in [9.17, 15) is 27.7 Å². The molecule has 0 bridgehead atoms. The molecule has 1 N–H and O–H groups in total. The highest BCUT2D eigenvalue weighted by Crippen LogP contribution is 2.36. The van der Waals surface area contributed by atoms with Crippen LogP contribution in [0.4, 0.5) is 0 Å². The Hall–Kier alpha value is -2.35. The Bertz CT molecular complexity index is 913. The van der Waals surface area contributed by atoms with Crippen molar-refractivity contribution in [3.63, 3.8) is 0 Å². The highest BCUT2D eigenvalue weighted by Gasteiger charge is 2.29. The van der Waals surface area contributed by atoms with Crippen molar-refractivity contribution in [2.24, 2.45) is 0 Å². The van der Waals surface area contributed by atoms with E-state index in [0.717, 1.165) is 5.56 Å². The second-order valence-corrected chi connectivity index (χ2v) is 6.28. The van der Waals surface area contributed by atoms with Crippen LogP contribution in [0.15, 0.2) is 42.5 Å². The van der Waals surface area contributed by atoms with Crippen LogP contribution in [0.5, 0.6) is 0 Å². The molecule has 0 saturated heterocycles. The lowest BCUT2D eigenvalue weighted by atomic mass is 10.0. The van der Waals surface area contributed by atoms with Crippen LogP contribution in [0.3, 0.4) is 0 Å². The molecule has 3 rings (SSSR count). The Morgan fingerprint density at radius 1 is 1.00 bits per heavy atom. The first-order valence-electron chi connectivity index (χ1n) is 6.26. The minimum Gasteiger partial charge on any atom is -0.746 e. The molecule has 1 aliphatic carbocycles. The Morgan fingerprint density at radius 2 is 1.59 bits per heavy atom. The first-order chi connectivity index (χ1) is 10.3. The number of hydrogen-bond donors (Lipinski definition) is 1. The third-order valence-electron chi connectivity index (χ3n) is 3.51. The molecule has 6 nitrogen and oxygen atoms in total. The third kappa shape index (κ3) is 2.16. The maximum Gasteiger partial charge on any atom is 0.207 e. The zero-order valence-corrected chi connectivity index (χ0v) is 11.8. The minimum absolute atomic E-state index is 0.202. The molecule has 0 radical (unpaired) electrons. The van der Waals surface area contributed by atoms with E-state index < -0.39 is 21.3 Å². The molecule has 0 fully saturated rings. The summed E-state index contributed by atoms with van der Waals surface area (Å²) in [6, 6.07) is 10.9. The standard InChI is InChI=1S/C15H10O6S/c16-13(15(18)22(19,20)21)8-5-6-10-9-3-1-2-4-11(9)14(17)12(10)7-8/h1-7,15,18H,(H,19,20,21)/p-1/t15-/m0/s1. The van der Waals surface area contributed by atoms with Crippen LogP contribution in [0, 0.1) is 0 Å². The van der Waals surface area contributed by atoms with E-state index >= 15 is 0 Å². The maximum absolute atomic E-state index is 12.3. The zero-order valence-electron chi connectivity index (χ0n) is 11.0. The SMILES string of the molecule is O=C1c2ccccc2-c2ccc(C(=O)[C@@H](O)S(=O)(=O)[O-])cc21. The number of aliphatic hydroxyl groups is 1. The molecule has 0 saturated carbocycles. The lowest BCUT2D eigenvalue weighted by Gasteiger charge is -2.14. The van der Waals surface area contributed by atoms with Gasteiger partial charge in [0.05, 0.1) is 0 Å². The average molecular weight is 317 g/mol. The van der Waals surface area contributed by atoms with Crippen LogP contribution in [0.2, 0.25) is 0 Å². The second kappa shape index (κ2) is 4.84. The third-order valence-corrected chi connectivity index (χ3v) is 4.27. The quantitative estimate of drug-likeness (QED) is 0.568. The van der Waals surface area contributed by atoms with Gasteiger partial charge in [-0.05, 0) is 17.2 Å². The van der Waals surface area contributed by atoms with Crippen molar-refractivity contribution in [3.8, 4) is 11.1 Å². The van der Waals surface area contributed by atoms with Crippen molar-refractivity contribution in [2.45, 2.75) is 5.44 Å². The van der Waals surface area contributed by atoms with E-state index in [-0.39, 0.29) is 16.9 Å². The highest BCUT2D eigenvalue weighted by molar-refractivity contribution is 7.87. The Kier molecular flexibility index (Phi) is 3.21. The van der Waals surface area contributed by atoms with Crippen LogP contribution in [-0.2, 0) is 10.1 Å². The molecule has 1 aliphatic rings. The average Bonchev–Trinajstić information content (AvgIpc) is 2.78. The number of aliphatic hydroxyl groups excluding tert-OH is 1. The van der Waals surface area contributed by atoms with Gasteiger partial charge in [0.25, 0.3) is 0 Å². The molecule has 1 atom stereocenters. The predicted molar refractivity (Wildman–Crippen MR) is 75.3 cm³/mol. The molecule has 0 unspecified atom stereocenters. The Labute approximate surface area is 125 Å². The molecule has 7 heteroatoms. The van der Waals surface area contributed by atoms with E-state index in [2.05, 4.69) is 0 Å². The summed E-state index contributed by atoms with van der Waals surface area (Å²) < 4.78 is 32.2. The number of benzene rings is 2. The summed E-state index contributed by atoms with van der Waals surface area (Å²) >= 11 is 0. The summed E-state index contributed by atoms with van der Waals surface area (Å²) in [4.78, 5) is 24.1. The molecular formula is C15H9O6S-. The molecule has 0 heterocycles. The van der Waals surface area contributed by atoms with E-state index in [4.69, 9.17) is 0 Å². The van der Waals surface area contributed by atoms with Gasteiger partial charge < -0.3 is 9.66 Å². The lowest BCUT2D eigenvalue weighted by Crippen LogP contribution is -2.29. The summed E-state index contributed by atoms with van der Waals surface area (Å²) in [6.07, 6.45) is 0. The van der Waals surface area contributed by atoms with Gasteiger partial charge in [-0.1, -0.05) is 36.4 Å². The molecule has 2 aromatic rings. The smallest absolute Gasteiger partial charge is 0.207 e. The number of carbonyl (C=O) groups is 2. The maximum atomic E-state index is 12.3. The molecule has 0 spiro atoms. The van der Waals surface area contributed by atoms with Gasteiger partial charge in [0.2, 0.25) is 11.2 Å². The van der Waals surface area contributed by atoms with Gasteiger partial charge in [-0.15, -0.1) is 0 Å². The first-order valence-corrected chi connectivity index (χ1v) is 7.73. The van der Waals surface area contributed by atoms with Crippen molar-refractivity contribution in [2.75, 3.05) is 0 Å². The van der Waals surface area contributed by atoms with Crippen molar-refractivity contribution < 1.29 is 27.7 Å². The summed E-state index contributed by atoms with van der Waals surface area (Å²) in [5.41, 5.74) is -0.812. The van der Waals surface area contributed by atoms with Gasteiger partial charge in [0.15, 0.2) is 5.78 Å². The van der Waals surface area contributed by atoms with Crippen LogP contribution >= 0.6 is 0 Å². The van der Waals surface area contributed by atoms with Gasteiger partial charge in [0, 0.05) is 16.7 Å². The number of fused-ring (bicyclic) bond motifs is 3. The van der Waals surface area contributed by atoms with Crippen LogP contribution in [-0.4, -0.2) is 35.1 Å². The number of Topliss-reactive ketones (excluding diaryl/α,β-unsaturated/α-hetero) is 1. The Morgan fingerprint density at radius 3 is 2.23 bits per heavy atom. The van der Waals surface area contributed by atoms with Gasteiger partial charge in [-0.2, -0.15) is 0 Å². The molecular weight excluding hydrogens is 308 g/mol. The number of hydrogen-bond acceptors (Lipinski definition) is 6. The monoisotopic (exact) mass is 317 g/mol. The first kappa shape index (κ1) is 14.6. The van der Waals surface area contributed by atoms with E-state index in [1.54, 1.807) is 24.3 Å². The fourth-order valence-electron chi connectivity index (χ4n) is 2.45. The van der Waals surface area contributed by atoms with Crippen molar-refractivity contribution in [1.29, 1.82) is 0 Å². The molecule has 22 heavy (non-hydrogen) atoms. The fraction of sp³-hybridized carbons (Fsp3) is 0.0667. The van der Waals surface area contributed by atoms with Crippen molar-refractivity contribution >= 4 is 21.7 Å². The van der Waals surface area contributed by atoms with E-state index in [0.29, 0.717) is 11.1 Å². The zero-order chi connectivity index (χ0) is 16.1. The summed E-state index contributed by atoms with van der Waals surface area (Å²) in [5, 5.41) is 9.26. The molecule has 0 aliphatic heterocycles. The van der Waals surface area contributed by atoms with Crippen LogP contribution in [0.25, 0.3) is 11.1 Å². The molecule has 0 amide bonds. The van der Waals surface area contributed by atoms with Gasteiger partial charge >= 0.3 is 0 Å². The summed E-state index contributed by atoms with van der Waals surface area (Å²) in [7, 11) is -5.16. The number of carbonyl (C=O) groups excluding carboxylic acids is 2. The largest absolute Gasteiger partial charge is 0.746 e. The molecule has 112 valence electrons. The lowest BCUT2D eigenvalue weighted by molar-refractivity contribution is 0.0847. The second-order valence-electron chi connectivity index (χ2n) is 4.84. The number of ketones is 2. The molecule has 0 aromatic heterocycles. The molecule has 2 aromatic carbocycles. The summed E-state index contributed by atoms with van der Waals surface area (Å²) in [6.45, 7) is 0. The highest BCUT2D eigenvalue weighted by atomic mass is 32.2. The Balaban J connectivity index is 2.08. The summed E-state index contributed by atoms with van der Waals surface area (Å²) in [5.74, 6) is -1.54. The van der Waals surface area contributed by atoms with E-state index in [1.165, 1.54) is 18.2 Å². The van der Waals surface area contributed by atoms with Crippen molar-refractivity contribution in [3.05, 3.63) is 59.2 Å². The minimum atomic E-state index is -5.16. The van der Waals surface area contributed by atoms with Crippen LogP contribution in [0.1, 0.15) is 26.3 Å². The topological polar surface area (TPSA) is 112 Å². The number of rotatable bonds is 3. The normalized spacial score (nSPS) is 14.4. The predicted octanol–water partition coefficient (Wildman–Crippen LogP) is 0.944.